The van der Waals surface area contributed by atoms with E-state index in [9.17, 15) is 0 Å². The molecule has 1 aliphatic heterocycles. The first-order valence-electron chi connectivity index (χ1n) is 7.14. The van der Waals surface area contributed by atoms with Crippen LogP contribution < -0.4 is 10.2 Å². The molecule has 1 unspecified atom stereocenters. The number of hydrogen-bond donors (Lipinski definition) is 1. The quantitative estimate of drug-likeness (QED) is 0.867. The average Bonchev–Trinajstić information content (AvgIpc) is 2.91. The number of nitrogens with zero attached hydrogens (tertiary/aromatic N) is 2. The first-order chi connectivity index (χ1) is 9.16. The van der Waals surface area contributed by atoms with Gasteiger partial charge in [-0.1, -0.05) is 19.9 Å². The molecule has 1 aromatic heterocycles. The van der Waals surface area contributed by atoms with E-state index in [1.54, 1.807) is 0 Å². The Hall–Kier alpha value is -0.740. The van der Waals surface area contributed by atoms with Crippen LogP contribution in [0.25, 0.3) is 0 Å². The van der Waals surface area contributed by atoms with Crippen molar-refractivity contribution in [3.63, 3.8) is 0 Å². The molecular formula is C15H25N3S. The maximum absolute atomic E-state index is 4.77. The van der Waals surface area contributed by atoms with Crippen LogP contribution in [0.2, 0.25) is 0 Å². The highest BCUT2D eigenvalue weighted by Crippen LogP contribution is 2.24. The third kappa shape index (κ3) is 4.39. The molecule has 0 radical (unpaired) electrons. The molecule has 106 valence electrons. The molecule has 0 spiro atoms. The highest BCUT2D eigenvalue weighted by atomic mass is 32.2. The molecule has 0 bridgehead atoms. The Kier molecular flexibility index (Phi) is 5.52. The van der Waals surface area contributed by atoms with E-state index in [4.69, 9.17) is 4.98 Å². The number of anilines is 1. The van der Waals surface area contributed by atoms with E-state index >= 15 is 0 Å². The molecule has 1 fully saturated rings. The highest BCUT2D eigenvalue weighted by molar-refractivity contribution is 7.99. The van der Waals surface area contributed by atoms with E-state index in [1.807, 2.05) is 11.8 Å². The fraction of sp³-hybridized carbons (Fsp3) is 0.667. The van der Waals surface area contributed by atoms with Gasteiger partial charge in [0.15, 0.2) is 0 Å². The Morgan fingerprint density at radius 2 is 2.32 bits per heavy atom. The Labute approximate surface area is 121 Å². The molecule has 0 aliphatic carbocycles. The van der Waals surface area contributed by atoms with Crippen LogP contribution >= 0.6 is 11.8 Å². The summed E-state index contributed by atoms with van der Waals surface area (Å²) in [4.78, 5) is 7.11. The van der Waals surface area contributed by atoms with Gasteiger partial charge in [0, 0.05) is 25.4 Å². The van der Waals surface area contributed by atoms with E-state index in [0.29, 0.717) is 12.0 Å². The molecule has 0 aromatic carbocycles. The lowest BCUT2D eigenvalue weighted by Crippen LogP contribution is -2.32. The molecule has 1 aliphatic rings. The van der Waals surface area contributed by atoms with Crippen molar-refractivity contribution in [2.45, 2.75) is 32.9 Å². The van der Waals surface area contributed by atoms with Crippen molar-refractivity contribution >= 4 is 17.6 Å². The van der Waals surface area contributed by atoms with E-state index in [2.05, 4.69) is 49.3 Å². The molecule has 3 nitrogen and oxygen atoms in total. The summed E-state index contributed by atoms with van der Waals surface area (Å²) in [7, 11) is 2.17. The van der Waals surface area contributed by atoms with Crippen LogP contribution in [0.5, 0.6) is 0 Å². The summed E-state index contributed by atoms with van der Waals surface area (Å²) in [6.07, 6.45) is 1.28. The molecule has 0 amide bonds. The molecule has 1 atom stereocenters. The SMILES string of the molecule is CC(C)CNCc1cccc(N(C)C2CCSC2)n1. The van der Waals surface area contributed by atoms with Crippen LogP contribution in [0.15, 0.2) is 18.2 Å². The zero-order valence-electron chi connectivity index (χ0n) is 12.2. The number of thioether (sulfide) groups is 1. The van der Waals surface area contributed by atoms with Gasteiger partial charge in [-0.2, -0.15) is 11.8 Å². The zero-order valence-corrected chi connectivity index (χ0v) is 13.0. The fourth-order valence-corrected chi connectivity index (χ4v) is 3.53. The van der Waals surface area contributed by atoms with Crippen molar-refractivity contribution in [3.8, 4) is 0 Å². The lowest BCUT2D eigenvalue weighted by Gasteiger charge is -2.25. The van der Waals surface area contributed by atoms with Gasteiger partial charge in [-0.05, 0) is 36.8 Å². The zero-order chi connectivity index (χ0) is 13.7. The smallest absolute Gasteiger partial charge is 0.128 e. The predicted octanol–water partition coefficient (Wildman–Crippen LogP) is 2.77. The molecule has 4 heteroatoms. The lowest BCUT2D eigenvalue weighted by atomic mass is 10.2. The molecule has 0 saturated carbocycles. The number of pyridine rings is 1. The van der Waals surface area contributed by atoms with E-state index < -0.39 is 0 Å². The van der Waals surface area contributed by atoms with Crippen molar-refractivity contribution in [3.05, 3.63) is 23.9 Å². The van der Waals surface area contributed by atoms with Crippen LogP contribution in [0.4, 0.5) is 5.82 Å². The number of rotatable bonds is 6. The maximum Gasteiger partial charge on any atom is 0.128 e. The second-order valence-corrected chi connectivity index (χ2v) is 6.79. The average molecular weight is 279 g/mol. The Bertz CT molecular complexity index is 389. The highest BCUT2D eigenvalue weighted by Gasteiger charge is 2.21. The van der Waals surface area contributed by atoms with Crippen LogP contribution in [-0.2, 0) is 6.54 Å². The van der Waals surface area contributed by atoms with Crippen molar-refractivity contribution in [1.82, 2.24) is 10.3 Å². The standard InChI is InChI=1S/C15H25N3S/c1-12(2)9-16-10-13-5-4-6-15(17-13)18(3)14-7-8-19-11-14/h4-6,12,14,16H,7-11H2,1-3H3. The Morgan fingerprint density at radius 1 is 1.47 bits per heavy atom. The second kappa shape index (κ2) is 7.15. The van der Waals surface area contributed by atoms with Gasteiger partial charge in [-0.15, -0.1) is 0 Å². The molecule has 2 rings (SSSR count). The van der Waals surface area contributed by atoms with Crippen LogP contribution in [0.1, 0.15) is 26.0 Å². The van der Waals surface area contributed by atoms with E-state index in [1.165, 1.54) is 17.9 Å². The summed E-state index contributed by atoms with van der Waals surface area (Å²) in [5.41, 5.74) is 1.13. The summed E-state index contributed by atoms with van der Waals surface area (Å²) in [6.45, 7) is 6.35. The maximum atomic E-state index is 4.77. The first kappa shape index (κ1) is 14.7. The second-order valence-electron chi connectivity index (χ2n) is 5.64. The van der Waals surface area contributed by atoms with Gasteiger partial charge in [0.05, 0.1) is 5.69 Å². The molecule has 1 N–H and O–H groups in total. The van der Waals surface area contributed by atoms with Gasteiger partial charge in [-0.25, -0.2) is 4.98 Å². The Balaban J connectivity index is 1.94. The third-order valence-corrected chi connectivity index (χ3v) is 4.61. The minimum absolute atomic E-state index is 0.649. The van der Waals surface area contributed by atoms with Crippen molar-refractivity contribution < 1.29 is 0 Å². The van der Waals surface area contributed by atoms with Gasteiger partial charge in [0.2, 0.25) is 0 Å². The summed E-state index contributed by atoms with van der Waals surface area (Å²) < 4.78 is 0. The minimum Gasteiger partial charge on any atom is -0.356 e. The van der Waals surface area contributed by atoms with Gasteiger partial charge >= 0.3 is 0 Å². The number of hydrogen-bond acceptors (Lipinski definition) is 4. The largest absolute Gasteiger partial charge is 0.356 e. The lowest BCUT2D eigenvalue weighted by molar-refractivity contribution is 0.548. The summed E-state index contributed by atoms with van der Waals surface area (Å²) >= 11 is 2.04. The summed E-state index contributed by atoms with van der Waals surface area (Å²) in [6, 6.07) is 6.99. The van der Waals surface area contributed by atoms with Crippen molar-refractivity contribution in [2.24, 2.45) is 5.92 Å². The molecule has 19 heavy (non-hydrogen) atoms. The molecule has 1 aromatic rings. The van der Waals surface area contributed by atoms with Crippen molar-refractivity contribution in [2.75, 3.05) is 30.0 Å². The minimum atomic E-state index is 0.649. The summed E-state index contributed by atoms with van der Waals surface area (Å²) in [5, 5.41) is 3.45. The fourth-order valence-electron chi connectivity index (χ4n) is 2.27. The number of aromatic nitrogens is 1. The van der Waals surface area contributed by atoms with Crippen LogP contribution in [-0.4, -0.2) is 36.1 Å². The first-order valence-corrected chi connectivity index (χ1v) is 8.29. The van der Waals surface area contributed by atoms with E-state index in [0.717, 1.165) is 24.6 Å². The Morgan fingerprint density at radius 3 is 3.00 bits per heavy atom. The molecule has 1 saturated heterocycles. The van der Waals surface area contributed by atoms with Gasteiger partial charge in [0.25, 0.3) is 0 Å². The van der Waals surface area contributed by atoms with Crippen LogP contribution in [0, 0.1) is 5.92 Å². The van der Waals surface area contributed by atoms with Gasteiger partial charge in [0.1, 0.15) is 5.82 Å². The molecule has 2 heterocycles. The molecular weight excluding hydrogens is 254 g/mol. The topological polar surface area (TPSA) is 28.2 Å². The third-order valence-electron chi connectivity index (χ3n) is 3.47. The summed E-state index contributed by atoms with van der Waals surface area (Å²) in [5.74, 6) is 4.30. The normalized spacial score (nSPS) is 19.1. The predicted molar refractivity (Wildman–Crippen MR) is 84.9 cm³/mol. The van der Waals surface area contributed by atoms with Crippen LogP contribution in [0.3, 0.4) is 0 Å². The monoisotopic (exact) mass is 279 g/mol. The van der Waals surface area contributed by atoms with Gasteiger partial charge in [-0.3, -0.25) is 0 Å². The van der Waals surface area contributed by atoms with Crippen molar-refractivity contribution in [1.29, 1.82) is 0 Å². The van der Waals surface area contributed by atoms with E-state index in [-0.39, 0.29) is 0 Å². The van der Waals surface area contributed by atoms with Gasteiger partial charge < -0.3 is 10.2 Å². The number of nitrogens with one attached hydrogen (secondary N) is 1.